The predicted molar refractivity (Wildman–Crippen MR) is 120 cm³/mol. The molecule has 0 spiro atoms. The first-order valence-electron chi connectivity index (χ1n) is 10.2. The molecule has 0 bridgehead atoms. The van der Waals surface area contributed by atoms with Crippen LogP contribution in [0.2, 0.25) is 5.02 Å². The summed E-state index contributed by atoms with van der Waals surface area (Å²) < 4.78 is 0. The fourth-order valence-electron chi connectivity index (χ4n) is 3.61. The van der Waals surface area contributed by atoms with Gasteiger partial charge in [-0.15, -0.1) is 0 Å². The Kier molecular flexibility index (Phi) is 7.43. The van der Waals surface area contributed by atoms with E-state index in [2.05, 4.69) is 0 Å². The van der Waals surface area contributed by atoms with Gasteiger partial charge in [0, 0.05) is 23.7 Å². The van der Waals surface area contributed by atoms with Crippen LogP contribution in [-0.4, -0.2) is 46.3 Å². The van der Waals surface area contributed by atoms with Gasteiger partial charge in [-0.05, 0) is 42.2 Å². The third-order valence-electron chi connectivity index (χ3n) is 5.33. The summed E-state index contributed by atoms with van der Waals surface area (Å²) in [4.78, 5) is 51.9. The fourth-order valence-corrected chi connectivity index (χ4v) is 3.84. The van der Waals surface area contributed by atoms with Crippen LogP contribution in [0.25, 0.3) is 0 Å². The van der Waals surface area contributed by atoms with E-state index in [4.69, 9.17) is 16.7 Å². The van der Waals surface area contributed by atoms with Crippen LogP contribution < -0.4 is 4.90 Å². The van der Waals surface area contributed by atoms with Gasteiger partial charge in [0.25, 0.3) is 5.91 Å². The highest BCUT2D eigenvalue weighted by atomic mass is 35.5. The van der Waals surface area contributed by atoms with Crippen LogP contribution >= 0.6 is 11.6 Å². The highest BCUT2D eigenvalue weighted by molar-refractivity contribution is 6.31. The first-order chi connectivity index (χ1) is 15.3. The van der Waals surface area contributed by atoms with Gasteiger partial charge in [-0.1, -0.05) is 48.9 Å². The van der Waals surface area contributed by atoms with Crippen LogP contribution in [0.1, 0.15) is 24.5 Å². The number of imide groups is 1. The van der Waals surface area contributed by atoms with E-state index in [1.54, 1.807) is 30.3 Å². The molecule has 0 radical (unpaired) electrons. The van der Waals surface area contributed by atoms with Crippen molar-refractivity contribution in [2.45, 2.75) is 32.2 Å². The zero-order valence-electron chi connectivity index (χ0n) is 17.5. The lowest BCUT2D eigenvalue weighted by molar-refractivity contribution is -0.135. The van der Waals surface area contributed by atoms with Crippen molar-refractivity contribution >= 4 is 41.0 Å². The van der Waals surface area contributed by atoms with Crippen LogP contribution in [0, 0.1) is 0 Å². The van der Waals surface area contributed by atoms with E-state index in [0.29, 0.717) is 23.2 Å². The Morgan fingerprint density at radius 3 is 2.44 bits per heavy atom. The largest absolute Gasteiger partial charge is 0.478 e. The average molecular weight is 455 g/mol. The number of halogens is 1. The number of carboxylic acids is 1. The molecule has 7 nitrogen and oxygen atoms in total. The Labute approximate surface area is 190 Å². The molecular formula is C24H23ClN2O5. The molecule has 1 heterocycles. The second-order valence-corrected chi connectivity index (χ2v) is 7.76. The van der Waals surface area contributed by atoms with E-state index in [0.717, 1.165) is 28.5 Å². The summed E-state index contributed by atoms with van der Waals surface area (Å²) in [5, 5.41) is 9.40. The maximum atomic E-state index is 13.2. The molecule has 2 aromatic carbocycles. The molecule has 0 aromatic heterocycles. The second-order valence-electron chi connectivity index (χ2n) is 7.35. The highest BCUT2D eigenvalue weighted by Crippen LogP contribution is 2.27. The summed E-state index contributed by atoms with van der Waals surface area (Å²) >= 11 is 6.20. The van der Waals surface area contributed by atoms with Crippen molar-refractivity contribution in [2.75, 3.05) is 11.4 Å². The molecule has 0 saturated carbocycles. The number of benzene rings is 2. The number of hydrogen-bond acceptors (Lipinski definition) is 4. The summed E-state index contributed by atoms with van der Waals surface area (Å²) in [5.41, 5.74) is 2.29. The summed E-state index contributed by atoms with van der Waals surface area (Å²) in [6.07, 6.45) is 2.60. The van der Waals surface area contributed by atoms with Gasteiger partial charge < -0.3 is 10.0 Å². The van der Waals surface area contributed by atoms with Crippen LogP contribution in [0.5, 0.6) is 0 Å². The first-order valence-corrected chi connectivity index (χ1v) is 10.6. The molecule has 1 aliphatic heterocycles. The molecule has 0 aliphatic carbocycles. The molecule has 1 unspecified atom stereocenters. The van der Waals surface area contributed by atoms with Crippen molar-refractivity contribution in [3.05, 3.63) is 76.8 Å². The molecule has 3 rings (SSSR count). The number of aliphatic carboxylic acids is 1. The van der Waals surface area contributed by atoms with E-state index in [-0.39, 0.29) is 13.0 Å². The summed E-state index contributed by atoms with van der Waals surface area (Å²) in [7, 11) is 0. The fraction of sp³-hybridized carbons (Fsp3) is 0.250. The number of carbonyl (C=O) groups excluding carboxylic acids is 3. The third kappa shape index (κ3) is 5.23. The van der Waals surface area contributed by atoms with Gasteiger partial charge in [0.1, 0.15) is 6.04 Å². The van der Waals surface area contributed by atoms with Gasteiger partial charge in [-0.2, -0.15) is 0 Å². The molecule has 3 amide bonds. The number of hydrogen-bond donors (Lipinski definition) is 1. The van der Waals surface area contributed by atoms with E-state index < -0.39 is 29.7 Å². The lowest BCUT2D eigenvalue weighted by Crippen LogP contribution is -2.46. The number of anilines is 1. The van der Waals surface area contributed by atoms with Gasteiger partial charge in [0.05, 0.1) is 12.1 Å². The van der Waals surface area contributed by atoms with Gasteiger partial charge in [0.15, 0.2) is 0 Å². The predicted octanol–water partition coefficient (Wildman–Crippen LogP) is 3.25. The number of carboxylic acid groups (broad SMARTS) is 1. The molecule has 1 fully saturated rings. The molecule has 32 heavy (non-hydrogen) atoms. The Morgan fingerprint density at radius 1 is 1.12 bits per heavy atom. The Hall–Kier alpha value is -3.45. The lowest BCUT2D eigenvalue weighted by atomic mass is 10.1. The van der Waals surface area contributed by atoms with Crippen molar-refractivity contribution in [1.82, 2.24) is 4.90 Å². The van der Waals surface area contributed by atoms with Crippen molar-refractivity contribution in [3.8, 4) is 0 Å². The molecule has 2 aromatic rings. The van der Waals surface area contributed by atoms with Crippen LogP contribution in [0.4, 0.5) is 5.69 Å². The van der Waals surface area contributed by atoms with Crippen molar-refractivity contribution in [2.24, 2.45) is 0 Å². The first kappa shape index (κ1) is 23.2. The number of carbonyl (C=O) groups is 4. The van der Waals surface area contributed by atoms with Crippen LogP contribution in [-0.2, 0) is 32.0 Å². The van der Waals surface area contributed by atoms with Crippen molar-refractivity contribution in [3.63, 3.8) is 0 Å². The van der Waals surface area contributed by atoms with Crippen LogP contribution in [0.3, 0.4) is 0 Å². The molecule has 166 valence electrons. The Balaban J connectivity index is 1.86. The molecular weight excluding hydrogens is 432 g/mol. The highest BCUT2D eigenvalue weighted by Gasteiger charge is 2.43. The number of nitrogens with zero attached hydrogens (tertiary/aromatic N) is 2. The molecule has 1 atom stereocenters. The summed E-state index contributed by atoms with van der Waals surface area (Å²) in [6.45, 7) is 2.10. The zero-order valence-corrected chi connectivity index (χ0v) is 18.3. The topological polar surface area (TPSA) is 95.0 Å². The Bertz CT molecular complexity index is 1060. The van der Waals surface area contributed by atoms with Gasteiger partial charge in [0.2, 0.25) is 11.8 Å². The second kappa shape index (κ2) is 10.2. The summed E-state index contributed by atoms with van der Waals surface area (Å²) in [5.74, 6) is -2.87. The number of amides is 3. The standard InChI is InChI=1S/C24H23ClN2O5/c1-2-16-7-9-18(10-8-16)27-22(29)15-20(24(27)32)26(21(28)11-12-23(30)31)14-13-17-5-3-4-6-19(17)25/h3-12,20H,2,13-15H2,1H3,(H,30,31). The minimum atomic E-state index is -1.28. The molecule has 8 heteroatoms. The van der Waals surface area contributed by atoms with Crippen molar-refractivity contribution in [1.29, 1.82) is 0 Å². The molecule has 1 saturated heterocycles. The van der Waals surface area contributed by atoms with Gasteiger partial charge in [-0.3, -0.25) is 14.4 Å². The zero-order chi connectivity index (χ0) is 23.3. The Morgan fingerprint density at radius 2 is 1.81 bits per heavy atom. The van der Waals surface area contributed by atoms with E-state index in [1.807, 2.05) is 25.1 Å². The average Bonchev–Trinajstić information content (AvgIpc) is 3.07. The number of rotatable bonds is 8. The van der Waals surface area contributed by atoms with Crippen molar-refractivity contribution < 1.29 is 24.3 Å². The third-order valence-corrected chi connectivity index (χ3v) is 5.70. The van der Waals surface area contributed by atoms with Crippen LogP contribution in [0.15, 0.2) is 60.7 Å². The van der Waals surface area contributed by atoms with Gasteiger partial charge in [-0.25, -0.2) is 9.69 Å². The SMILES string of the molecule is CCc1ccc(N2C(=O)CC(N(CCc3ccccc3Cl)C(=O)C=CC(=O)O)C2=O)cc1. The van der Waals surface area contributed by atoms with E-state index >= 15 is 0 Å². The maximum absolute atomic E-state index is 13.2. The quantitative estimate of drug-likeness (QED) is 0.488. The monoisotopic (exact) mass is 454 g/mol. The van der Waals surface area contributed by atoms with Gasteiger partial charge >= 0.3 is 5.97 Å². The number of aryl methyl sites for hydroxylation is 1. The minimum Gasteiger partial charge on any atom is -0.478 e. The normalized spacial score (nSPS) is 16.1. The minimum absolute atomic E-state index is 0.0961. The maximum Gasteiger partial charge on any atom is 0.328 e. The molecule has 1 aliphatic rings. The smallest absolute Gasteiger partial charge is 0.328 e. The molecule has 1 N–H and O–H groups in total. The van der Waals surface area contributed by atoms with E-state index in [9.17, 15) is 19.2 Å². The van der Waals surface area contributed by atoms with E-state index in [1.165, 1.54) is 4.90 Å². The lowest BCUT2D eigenvalue weighted by Gasteiger charge is -2.27. The summed E-state index contributed by atoms with van der Waals surface area (Å²) in [6, 6.07) is 13.2.